The van der Waals surface area contributed by atoms with E-state index in [0.717, 1.165) is 19.4 Å². The van der Waals surface area contributed by atoms with Crippen LogP contribution in [0.1, 0.15) is 19.8 Å². The molecule has 7 heteroatoms. The third-order valence-corrected chi connectivity index (χ3v) is 3.43. The number of carbonyl (C=O) groups is 1. The number of nitrogens with zero attached hydrogens (tertiary/aromatic N) is 3. The quantitative estimate of drug-likeness (QED) is 0.916. The molecule has 1 saturated heterocycles. The predicted molar refractivity (Wildman–Crippen MR) is 79.7 cm³/mol. The van der Waals surface area contributed by atoms with Crippen LogP contribution in [-0.2, 0) is 11.3 Å². The Balaban J connectivity index is 0.00000162. The number of aromatic nitrogens is 2. The zero-order valence-corrected chi connectivity index (χ0v) is 12.7. The molecule has 19 heavy (non-hydrogen) atoms. The van der Waals surface area contributed by atoms with Gasteiger partial charge in [0, 0.05) is 31.5 Å². The maximum absolute atomic E-state index is 12.2. The van der Waals surface area contributed by atoms with E-state index >= 15 is 0 Å². The molecule has 1 aromatic heterocycles. The molecule has 2 heterocycles. The summed E-state index contributed by atoms with van der Waals surface area (Å²) in [6, 6.07) is 2.02. The van der Waals surface area contributed by atoms with Crippen LogP contribution < -0.4 is 5.73 Å². The number of hydrogen-bond acceptors (Lipinski definition) is 3. The van der Waals surface area contributed by atoms with E-state index in [1.54, 1.807) is 10.9 Å². The van der Waals surface area contributed by atoms with Crippen LogP contribution in [0.3, 0.4) is 0 Å². The van der Waals surface area contributed by atoms with Crippen molar-refractivity contribution in [1.29, 1.82) is 0 Å². The van der Waals surface area contributed by atoms with E-state index in [4.69, 9.17) is 5.73 Å². The van der Waals surface area contributed by atoms with Crippen LogP contribution in [-0.4, -0.2) is 39.7 Å². The molecule has 0 radical (unpaired) electrons. The minimum Gasteiger partial charge on any atom is -0.337 e. The normalized spacial score (nSPS) is 22.3. The maximum atomic E-state index is 12.2. The zero-order chi connectivity index (χ0) is 12.3. The van der Waals surface area contributed by atoms with Gasteiger partial charge in [0.1, 0.15) is 6.54 Å². The van der Waals surface area contributed by atoms with Crippen molar-refractivity contribution in [1.82, 2.24) is 14.7 Å². The Morgan fingerprint density at radius 1 is 1.47 bits per heavy atom. The van der Waals surface area contributed by atoms with Gasteiger partial charge >= 0.3 is 0 Å². The number of nitrogens with two attached hydrogens (primary N) is 1. The van der Waals surface area contributed by atoms with Gasteiger partial charge in [-0.3, -0.25) is 9.48 Å². The Morgan fingerprint density at radius 2 is 2.21 bits per heavy atom. The summed E-state index contributed by atoms with van der Waals surface area (Å²) >= 11 is 0. The average Bonchev–Trinajstić information content (AvgIpc) is 2.81. The molecule has 1 aliphatic heterocycles. The maximum Gasteiger partial charge on any atom is 0.244 e. The Morgan fingerprint density at radius 3 is 2.79 bits per heavy atom. The van der Waals surface area contributed by atoms with Crippen molar-refractivity contribution in [3.63, 3.8) is 0 Å². The summed E-state index contributed by atoms with van der Waals surface area (Å²) < 4.78 is 1.66. The molecule has 0 bridgehead atoms. The summed E-state index contributed by atoms with van der Waals surface area (Å²) in [6.07, 6.45) is 5.58. The molecule has 1 fully saturated rings. The van der Waals surface area contributed by atoms with Crippen LogP contribution >= 0.6 is 24.8 Å². The summed E-state index contributed by atoms with van der Waals surface area (Å²) in [5, 5.41) is 4.05. The highest BCUT2D eigenvalue weighted by atomic mass is 35.5. The number of piperidine rings is 1. The lowest BCUT2D eigenvalue weighted by Gasteiger charge is -2.38. The second-order valence-electron chi connectivity index (χ2n) is 4.81. The highest BCUT2D eigenvalue weighted by molar-refractivity contribution is 5.85. The van der Waals surface area contributed by atoms with E-state index in [-0.39, 0.29) is 36.8 Å². The van der Waals surface area contributed by atoms with Crippen LogP contribution in [0.15, 0.2) is 18.5 Å². The minimum atomic E-state index is 0. The number of halogens is 2. The SMILES string of the molecule is CC1CCN(C(=O)Cn2cccn2)C(CN)C1.Cl.Cl. The third-order valence-electron chi connectivity index (χ3n) is 3.43. The molecule has 0 aromatic carbocycles. The second-order valence-corrected chi connectivity index (χ2v) is 4.81. The minimum absolute atomic E-state index is 0. The monoisotopic (exact) mass is 308 g/mol. The average molecular weight is 309 g/mol. The molecule has 2 atom stereocenters. The number of likely N-dealkylation sites (tertiary alicyclic amines) is 1. The Hall–Kier alpha value is -0.780. The first-order valence-electron chi connectivity index (χ1n) is 6.17. The molecule has 2 N–H and O–H groups in total. The summed E-state index contributed by atoms with van der Waals surface area (Å²) in [5.74, 6) is 0.786. The van der Waals surface area contributed by atoms with Crippen molar-refractivity contribution in [2.75, 3.05) is 13.1 Å². The van der Waals surface area contributed by atoms with Crippen LogP contribution in [0, 0.1) is 5.92 Å². The number of hydrogen-bond donors (Lipinski definition) is 1. The van der Waals surface area contributed by atoms with Gasteiger partial charge in [-0.1, -0.05) is 6.92 Å². The molecular formula is C12H22Cl2N4O. The second kappa shape index (κ2) is 8.40. The van der Waals surface area contributed by atoms with Gasteiger partial charge in [0.15, 0.2) is 0 Å². The molecule has 0 saturated carbocycles. The van der Waals surface area contributed by atoms with Crippen molar-refractivity contribution in [2.45, 2.75) is 32.4 Å². The van der Waals surface area contributed by atoms with E-state index in [2.05, 4.69) is 12.0 Å². The summed E-state index contributed by atoms with van der Waals surface area (Å²) in [5.41, 5.74) is 5.75. The zero-order valence-electron chi connectivity index (χ0n) is 11.1. The molecule has 0 aliphatic carbocycles. The predicted octanol–water partition coefficient (Wildman–Crippen LogP) is 1.31. The lowest BCUT2D eigenvalue weighted by molar-refractivity contribution is -0.136. The summed E-state index contributed by atoms with van der Waals surface area (Å²) in [6.45, 7) is 3.91. The topological polar surface area (TPSA) is 64.2 Å². The van der Waals surface area contributed by atoms with Crippen molar-refractivity contribution in [3.05, 3.63) is 18.5 Å². The fourth-order valence-corrected chi connectivity index (χ4v) is 2.43. The van der Waals surface area contributed by atoms with E-state index < -0.39 is 0 Å². The number of rotatable bonds is 3. The highest BCUT2D eigenvalue weighted by Crippen LogP contribution is 2.22. The summed E-state index contributed by atoms with van der Waals surface area (Å²) in [7, 11) is 0. The molecule has 110 valence electrons. The fourth-order valence-electron chi connectivity index (χ4n) is 2.43. The van der Waals surface area contributed by atoms with Crippen molar-refractivity contribution in [2.24, 2.45) is 11.7 Å². The molecule has 1 aliphatic rings. The smallest absolute Gasteiger partial charge is 0.244 e. The molecule has 5 nitrogen and oxygen atoms in total. The number of carbonyl (C=O) groups excluding carboxylic acids is 1. The largest absolute Gasteiger partial charge is 0.337 e. The van der Waals surface area contributed by atoms with Crippen LogP contribution in [0.5, 0.6) is 0 Å². The first kappa shape index (κ1) is 18.2. The highest BCUT2D eigenvalue weighted by Gasteiger charge is 2.28. The van der Waals surface area contributed by atoms with Gasteiger partial charge < -0.3 is 10.6 Å². The lowest BCUT2D eigenvalue weighted by Crippen LogP contribution is -2.50. The van der Waals surface area contributed by atoms with Gasteiger partial charge in [0.2, 0.25) is 5.91 Å². The van der Waals surface area contributed by atoms with Crippen LogP contribution in [0.2, 0.25) is 0 Å². The molecule has 1 amide bonds. The lowest BCUT2D eigenvalue weighted by atomic mass is 9.92. The van der Waals surface area contributed by atoms with Gasteiger partial charge in [-0.05, 0) is 24.8 Å². The molecule has 0 spiro atoms. The van der Waals surface area contributed by atoms with Gasteiger partial charge in [-0.15, -0.1) is 24.8 Å². The molecular weight excluding hydrogens is 287 g/mol. The van der Waals surface area contributed by atoms with Gasteiger partial charge in [0.25, 0.3) is 0 Å². The van der Waals surface area contributed by atoms with E-state index in [1.807, 2.05) is 17.2 Å². The van der Waals surface area contributed by atoms with Gasteiger partial charge in [-0.25, -0.2) is 0 Å². The van der Waals surface area contributed by atoms with Crippen molar-refractivity contribution in [3.8, 4) is 0 Å². The Bertz CT molecular complexity index is 372. The van der Waals surface area contributed by atoms with Crippen LogP contribution in [0.4, 0.5) is 0 Å². The molecule has 2 rings (SSSR count). The van der Waals surface area contributed by atoms with Gasteiger partial charge in [-0.2, -0.15) is 5.10 Å². The molecule has 1 aromatic rings. The standard InChI is InChI=1S/C12H20N4O.2ClH/c1-10-3-6-16(11(7-10)8-13)12(17)9-15-5-2-4-14-15;;/h2,4-5,10-11H,3,6-9,13H2,1H3;2*1H. The Labute approximate surface area is 126 Å². The first-order chi connectivity index (χ1) is 8.20. The van der Waals surface area contributed by atoms with E-state index in [1.165, 1.54) is 0 Å². The van der Waals surface area contributed by atoms with E-state index in [0.29, 0.717) is 19.0 Å². The summed E-state index contributed by atoms with van der Waals surface area (Å²) in [4.78, 5) is 14.1. The number of amides is 1. The fraction of sp³-hybridized carbons (Fsp3) is 0.667. The van der Waals surface area contributed by atoms with Crippen molar-refractivity contribution >= 4 is 30.7 Å². The molecule has 2 unspecified atom stereocenters. The van der Waals surface area contributed by atoms with Crippen molar-refractivity contribution < 1.29 is 4.79 Å². The first-order valence-corrected chi connectivity index (χ1v) is 6.17. The van der Waals surface area contributed by atoms with E-state index in [9.17, 15) is 4.79 Å². The Kier molecular flexibility index (Phi) is 8.06. The van der Waals surface area contributed by atoms with Crippen LogP contribution in [0.25, 0.3) is 0 Å². The third kappa shape index (κ3) is 4.67. The van der Waals surface area contributed by atoms with Gasteiger partial charge in [0.05, 0.1) is 0 Å².